The maximum Gasteiger partial charge on any atom is 0.138 e. The predicted molar refractivity (Wildman–Crippen MR) is 214 cm³/mol. The average Bonchev–Trinajstić information content (AvgIpc) is 3.74. The highest BCUT2D eigenvalue weighted by molar-refractivity contribution is 6.27. The van der Waals surface area contributed by atoms with Gasteiger partial charge in [0.2, 0.25) is 0 Å². The number of nitrogens with zero attached hydrogens (tertiary/aromatic N) is 2. The summed E-state index contributed by atoms with van der Waals surface area (Å²) in [6.45, 7) is 0. The summed E-state index contributed by atoms with van der Waals surface area (Å²) in [6.07, 6.45) is 0. The molecule has 2 aromatic heterocycles. The van der Waals surface area contributed by atoms with Crippen molar-refractivity contribution in [1.29, 1.82) is 0 Å². The van der Waals surface area contributed by atoms with Crippen LogP contribution in [0.15, 0.2) is 199 Å². The van der Waals surface area contributed by atoms with E-state index in [1.807, 2.05) is 6.07 Å². The largest absolute Gasteiger partial charge is 0.456 e. The van der Waals surface area contributed by atoms with Crippen molar-refractivity contribution < 1.29 is 4.42 Å². The van der Waals surface area contributed by atoms with Crippen LogP contribution in [-0.2, 0) is 0 Å². The molecule has 0 bridgehead atoms. The van der Waals surface area contributed by atoms with Gasteiger partial charge in [-0.15, -0.1) is 0 Å². The van der Waals surface area contributed by atoms with Gasteiger partial charge >= 0.3 is 0 Å². The minimum absolute atomic E-state index is 0.889. The quantitative estimate of drug-likeness (QED) is 0.178. The molecule has 0 fully saturated rings. The van der Waals surface area contributed by atoms with E-state index in [4.69, 9.17) is 4.42 Å². The Hall–Kier alpha value is -6.84. The molecule has 10 rings (SSSR count). The smallest absolute Gasteiger partial charge is 0.138 e. The van der Waals surface area contributed by atoms with E-state index < -0.39 is 0 Å². The molecular formula is C48H32N2O. The first-order valence-electron chi connectivity index (χ1n) is 17.4. The Morgan fingerprint density at radius 3 is 1.63 bits per heavy atom. The summed E-state index contributed by atoms with van der Waals surface area (Å²) >= 11 is 0. The van der Waals surface area contributed by atoms with Gasteiger partial charge in [-0.25, -0.2) is 0 Å². The lowest BCUT2D eigenvalue weighted by molar-refractivity contribution is 0.669. The van der Waals surface area contributed by atoms with Crippen molar-refractivity contribution in [2.75, 3.05) is 4.90 Å². The van der Waals surface area contributed by atoms with Crippen molar-refractivity contribution in [1.82, 2.24) is 4.57 Å². The van der Waals surface area contributed by atoms with E-state index >= 15 is 0 Å². The van der Waals surface area contributed by atoms with Gasteiger partial charge in [0.05, 0.1) is 11.0 Å². The Kier molecular flexibility index (Phi) is 6.81. The fourth-order valence-electron chi connectivity index (χ4n) is 7.72. The van der Waals surface area contributed by atoms with E-state index in [9.17, 15) is 0 Å². The van der Waals surface area contributed by atoms with Crippen molar-refractivity contribution in [2.45, 2.75) is 0 Å². The number of aromatic nitrogens is 1. The van der Waals surface area contributed by atoms with Crippen LogP contribution in [0.3, 0.4) is 0 Å². The topological polar surface area (TPSA) is 21.3 Å². The Morgan fingerprint density at radius 2 is 0.941 bits per heavy atom. The van der Waals surface area contributed by atoms with Gasteiger partial charge in [-0.1, -0.05) is 121 Å². The zero-order chi connectivity index (χ0) is 33.7. The standard InChI is InChI=1S/C48H32N2O/c1-5-15-34(16-6-1)46-47-41-31-35(33-25-28-39(29-26-33)49(36-17-7-2-8-18-36)37-19-9-3-10-20-37)27-30-42(41)50(38-21-11-4-12-22-38)43(47)32-45-48(46)40-23-13-14-24-44(40)51-45/h1-32H. The van der Waals surface area contributed by atoms with Gasteiger partial charge in [0, 0.05) is 55.9 Å². The van der Waals surface area contributed by atoms with E-state index in [2.05, 4.69) is 198 Å². The monoisotopic (exact) mass is 652 g/mol. The summed E-state index contributed by atoms with van der Waals surface area (Å²) in [7, 11) is 0. The number of hydrogen-bond donors (Lipinski definition) is 0. The number of anilines is 3. The molecule has 0 amide bonds. The summed E-state index contributed by atoms with van der Waals surface area (Å²) in [5.41, 5.74) is 13.2. The number of rotatable bonds is 6. The highest BCUT2D eigenvalue weighted by atomic mass is 16.3. The molecule has 8 aromatic carbocycles. The Balaban J connectivity index is 1.22. The molecule has 0 saturated carbocycles. The van der Waals surface area contributed by atoms with Crippen LogP contribution >= 0.6 is 0 Å². The third kappa shape index (κ3) is 4.82. The van der Waals surface area contributed by atoms with Gasteiger partial charge in [-0.2, -0.15) is 0 Å². The zero-order valence-electron chi connectivity index (χ0n) is 27.8. The highest BCUT2D eigenvalue weighted by Crippen LogP contribution is 2.47. The number of furan rings is 1. The SMILES string of the molecule is c1ccc(-c2c3c(cc4c2c2cc(-c5ccc(N(c6ccccc6)c6ccccc6)cc5)ccc2n4-c2ccccc2)oc2ccccc23)cc1. The normalized spacial score (nSPS) is 11.5. The van der Waals surface area contributed by atoms with E-state index in [0.29, 0.717) is 0 Å². The van der Waals surface area contributed by atoms with Gasteiger partial charge in [0.25, 0.3) is 0 Å². The molecule has 0 spiro atoms. The first kappa shape index (κ1) is 29.1. The lowest BCUT2D eigenvalue weighted by Crippen LogP contribution is -2.09. The zero-order valence-corrected chi connectivity index (χ0v) is 27.8. The van der Waals surface area contributed by atoms with Crippen LogP contribution in [-0.4, -0.2) is 4.57 Å². The fourth-order valence-corrected chi connectivity index (χ4v) is 7.72. The number of para-hydroxylation sites is 4. The molecule has 10 aromatic rings. The van der Waals surface area contributed by atoms with Crippen LogP contribution in [0, 0.1) is 0 Å². The van der Waals surface area contributed by atoms with Crippen molar-refractivity contribution in [3.8, 4) is 27.9 Å². The molecule has 0 radical (unpaired) electrons. The van der Waals surface area contributed by atoms with Crippen molar-refractivity contribution >= 4 is 60.8 Å². The number of fused-ring (bicyclic) bond motifs is 6. The molecule has 2 heterocycles. The molecule has 0 atom stereocenters. The van der Waals surface area contributed by atoms with E-state index in [0.717, 1.165) is 55.7 Å². The second kappa shape index (κ2) is 11.9. The molecule has 0 N–H and O–H groups in total. The molecule has 3 heteroatoms. The molecular weight excluding hydrogens is 621 g/mol. The van der Waals surface area contributed by atoms with E-state index in [1.54, 1.807) is 0 Å². The van der Waals surface area contributed by atoms with Crippen LogP contribution in [0.1, 0.15) is 0 Å². The third-order valence-electron chi connectivity index (χ3n) is 9.96. The molecule has 0 aliphatic rings. The summed E-state index contributed by atoms with van der Waals surface area (Å²) < 4.78 is 8.96. The molecule has 0 unspecified atom stereocenters. The van der Waals surface area contributed by atoms with Crippen LogP contribution in [0.2, 0.25) is 0 Å². The van der Waals surface area contributed by atoms with Crippen LogP contribution in [0.5, 0.6) is 0 Å². The second-order valence-electron chi connectivity index (χ2n) is 12.9. The van der Waals surface area contributed by atoms with Crippen molar-refractivity contribution in [3.05, 3.63) is 194 Å². The second-order valence-corrected chi connectivity index (χ2v) is 12.9. The molecule has 3 nitrogen and oxygen atoms in total. The lowest BCUT2D eigenvalue weighted by atomic mass is 9.93. The van der Waals surface area contributed by atoms with Gasteiger partial charge in [0.15, 0.2) is 0 Å². The summed E-state index contributed by atoms with van der Waals surface area (Å²) in [6, 6.07) is 69.0. The van der Waals surface area contributed by atoms with Crippen molar-refractivity contribution in [3.63, 3.8) is 0 Å². The Bertz CT molecular complexity index is 2780. The molecule has 0 aliphatic heterocycles. The van der Waals surface area contributed by atoms with E-state index in [1.165, 1.54) is 33.0 Å². The Labute approximate surface area is 295 Å². The minimum atomic E-state index is 0.889. The molecule has 51 heavy (non-hydrogen) atoms. The first-order valence-corrected chi connectivity index (χ1v) is 17.4. The Morgan fingerprint density at radius 1 is 0.373 bits per heavy atom. The molecule has 0 saturated heterocycles. The van der Waals surface area contributed by atoms with Gasteiger partial charge in [0.1, 0.15) is 11.2 Å². The van der Waals surface area contributed by atoms with Gasteiger partial charge in [-0.05, 0) is 83.4 Å². The molecule has 0 aliphatic carbocycles. The van der Waals surface area contributed by atoms with Crippen molar-refractivity contribution in [2.24, 2.45) is 0 Å². The number of hydrogen-bond acceptors (Lipinski definition) is 2. The maximum absolute atomic E-state index is 6.58. The lowest BCUT2D eigenvalue weighted by Gasteiger charge is -2.25. The van der Waals surface area contributed by atoms with E-state index in [-0.39, 0.29) is 0 Å². The predicted octanol–water partition coefficient (Wildman–Crippen LogP) is 13.5. The highest BCUT2D eigenvalue weighted by Gasteiger charge is 2.23. The van der Waals surface area contributed by atoms with Crippen LogP contribution in [0.25, 0.3) is 71.7 Å². The molecule has 240 valence electrons. The number of benzene rings is 8. The summed E-state index contributed by atoms with van der Waals surface area (Å²) in [5, 5.41) is 4.70. The maximum atomic E-state index is 6.58. The van der Waals surface area contributed by atoms with Crippen LogP contribution in [0.4, 0.5) is 17.1 Å². The fraction of sp³-hybridized carbons (Fsp3) is 0. The minimum Gasteiger partial charge on any atom is -0.456 e. The summed E-state index contributed by atoms with van der Waals surface area (Å²) in [4.78, 5) is 2.30. The summed E-state index contributed by atoms with van der Waals surface area (Å²) in [5.74, 6) is 0. The van der Waals surface area contributed by atoms with Crippen LogP contribution < -0.4 is 4.90 Å². The van der Waals surface area contributed by atoms with Gasteiger partial charge < -0.3 is 13.9 Å². The average molecular weight is 653 g/mol. The third-order valence-corrected chi connectivity index (χ3v) is 9.96. The van der Waals surface area contributed by atoms with Gasteiger partial charge in [-0.3, -0.25) is 0 Å². The first-order chi connectivity index (χ1) is 25.3.